The van der Waals surface area contributed by atoms with Crippen molar-refractivity contribution in [2.45, 2.75) is 18.7 Å². The normalized spacial score (nSPS) is 11.2. The molecule has 2 aromatic rings. The highest BCUT2D eigenvalue weighted by Gasteiger charge is 2.13. The number of amides is 1. The van der Waals surface area contributed by atoms with Gasteiger partial charge in [-0.2, -0.15) is 0 Å². The maximum absolute atomic E-state index is 12.1. The van der Waals surface area contributed by atoms with Crippen LogP contribution in [0.4, 0.5) is 5.69 Å². The number of sulfonamides is 1. The standard InChI is InChI=1S/C14H15N3O3S/c1-9-5-11(8-16-7-9)14(18)17-12-3-4-13(10(2)6-12)21(15,19)20/h3-8H,1-2H3,(H,17,18)(H2,15,19,20). The number of hydrogen-bond donors (Lipinski definition) is 2. The summed E-state index contributed by atoms with van der Waals surface area (Å²) in [4.78, 5) is 16.1. The van der Waals surface area contributed by atoms with Crippen molar-refractivity contribution in [1.29, 1.82) is 0 Å². The maximum atomic E-state index is 12.1. The molecular formula is C14H15N3O3S. The van der Waals surface area contributed by atoms with Crippen molar-refractivity contribution in [3.8, 4) is 0 Å². The van der Waals surface area contributed by atoms with E-state index in [0.29, 0.717) is 16.8 Å². The molecule has 0 aliphatic carbocycles. The molecular weight excluding hydrogens is 290 g/mol. The molecule has 6 nitrogen and oxygen atoms in total. The first-order valence-corrected chi connectivity index (χ1v) is 7.68. The topological polar surface area (TPSA) is 102 Å². The summed E-state index contributed by atoms with van der Waals surface area (Å²) in [6.45, 7) is 3.46. The van der Waals surface area contributed by atoms with Gasteiger partial charge < -0.3 is 5.32 Å². The minimum atomic E-state index is -3.76. The van der Waals surface area contributed by atoms with Crippen LogP contribution in [-0.4, -0.2) is 19.3 Å². The maximum Gasteiger partial charge on any atom is 0.257 e. The average molecular weight is 305 g/mol. The van der Waals surface area contributed by atoms with Crippen LogP contribution in [0.15, 0.2) is 41.6 Å². The van der Waals surface area contributed by atoms with Crippen LogP contribution in [0.1, 0.15) is 21.5 Å². The Bertz CT molecular complexity index is 801. The molecule has 7 heteroatoms. The number of anilines is 1. The molecule has 0 saturated heterocycles. The molecule has 1 heterocycles. The highest BCUT2D eigenvalue weighted by atomic mass is 32.2. The first-order valence-electron chi connectivity index (χ1n) is 6.14. The van der Waals surface area contributed by atoms with E-state index in [-0.39, 0.29) is 10.8 Å². The molecule has 3 N–H and O–H groups in total. The fourth-order valence-electron chi connectivity index (χ4n) is 1.93. The van der Waals surface area contributed by atoms with Gasteiger partial charge in [0.05, 0.1) is 10.5 Å². The minimum Gasteiger partial charge on any atom is -0.322 e. The summed E-state index contributed by atoms with van der Waals surface area (Å²) < 4.78 is 22.7. The Morgan fingerprint density at radius 3 is 2.48 bits per heavy atom. The number of nitrogens with zero attached hydrogens (tertiary/aromatic N) is 1. The van der Waals surface area contributed by atoms with Gasteiger partial charge in [0, 0.05) is 18.1 Å². The lowest BCUT2D eigenvalue weighted by atomic mass is 10.2. The van der Waals surface area contributed by atoms with Crippen molar-refractivity contribution in [2.24, 2.45) is 5.14 Å². The Hall–Kier alpha value is -2.25. The number of benzene rings is 1. The quantitative estimate of drug-likeness (QED) is 0.899. The fourth-order valence-corrected chi connectivity index (χ4v) is 2.69. The largest absolute Gasteiger partial charge is 0.322 e. The number of aryl methyl sites for hydroxylation is 2. The van der Waals surface area contributed by atoms with Crippen LogP contribution in [-0.2, 0) is 10.0 Å². The van der Waals surface area contributed by atoms with Crippen LogP contribution in [0, 0.1) is 13.8 Å². The highest BCUT2D eigenvalue weighted by molar-refractivity contribution is 7.89. The molecule has 0 spiro atoms. The predicted molar refractivity (Wildman–Crippen MR) is 79.5 cm³/mol. The highest BCUT2D eigenvalue weighted by Crippen LogP contribution is 2.19. The summed E-state index contributed by atoms with van der Waals surface area (Å²) in [5.74, 6) is -0.311. The van der Waals surface area contributed by atoms with Crippen molar-refractivity contribution in [3.63, 3.8) is 0 Å². The van der Waals surface area contributed by atoms with E-state index < -0.39 is 10.0 Å². The molecule has 2 rings (SSSR count). The Morgan fingerprint density at radius 1 is 1.19 bits per heavy atom. The van der Waals surface area contributed by atoms with Gasteiger partial charge in [0.2, 0.25) is 10.0 Å². The molecule has 0 bridgehead atoms. The van der Waals surface area contributed by atoms with Gasteiger partial charge in [-0.3, -0.25) is 9.78 Å². The minimum absolute atomic E-state index is 0.0396. The van der Waals surface area contributed by atoms with Gasteiger partial charge in [0.15, 0.2) is 0 Å². The third-order valence-corrected chi connectivity index (χ3v) is 3.95. The second-order valence-corrected chi connectivity index (χ2v) is 6.26. The SMILES string of the molecule is Cc1cncc(C(=O)Nc2ccc(S(N)(=O)=O)c(C)c2)c1. The monoisotopic (exact) mass is 305 g/mol. The Labute approximate surface area is 123 Å². The van der Waals surface area contributed by atoms with Gasteiger partial charge in [-0.05, 0) is 49.2 Å². The third kappa shape index (κ3) is 3.65. The predicted octanol–water partition coefficient (Wildman–Crippen LogP) is 1.60. The van der Waals surface area contributed by atoms with E-state index in [0.717, 1.165) is 5.56 Å². The number of nitrogens with two attached hydrogens (primary N) is 1. The first-order chi connectivity index (χ1) is 9.77. The number of pyridine rings is 1. The molecule has 1 amide bonds. The van der Waals surface area contributed by atoms with E-state index in [1.165, 1.54) is 18.3 Å². The third-order valence-electron chi connectivity index (χ3n) is 2.88. The van der Waals surface area contributed by atoms with Crippen LogP contribution in [0.5, 0.6) is 0 Å². The van der Waals surface area contributed by atoms with Crippen LogP contribution in [0.2, 0.25) is 0 Å². The fraction of sp³-hybridized carbons (Fsp3) is 0.143. The van der Waals surface area contributed by atoms with Crippen molar-refractivity contribution >= 4 is 21.6 Å². The Kier molecular flexibility index (Phi) is 4.06. The number of primary sulfonamides is 1. The number of hydrogen-bond acceptors (Lipinski definition) is 4. The van der Waals surface area contributed by atoms with Crippen LogP contribution in [0.25, 0.3) is 0 Å². The molecule has 0 saturated carbocycles. The zero-order valence-electron chi connectivity index (χ0n) is 11.6. The van der Waals surface area contributed by atoms with Crippen LogP contribution < -0.4 is 10.5 Å². The smallest absolute Gasteiger partial charge is 0.257 e. The van der Waals surface area contributed by atoms with Gasteiger partial charge in [-0.15, -0.1) is 0 Å². The zero-order chi connectivity index (χ0) is 15.6. The second-order valence-electron chi connectivity index (χ2n) is 4.73. The number of aromatic nitrogens is 1. The average Bonchev–Trinajstić information content (AvgIpc) is 2.37. The lowest BCUT2D eigenvalue weighted by Gasteiger charge is -2.09. The van der Waals surface area contributed by atoms with Crippen molar-refractivity contribution in [1.82, 2.24) is 4.98 Å². The summed E-state index contributed by atoms with van der Waals surface area (Å²) in [7, 11) is -3.76. The van der Waals surface area contributed by atoms with E-state index in [1.54, 1.807) is 25.3 Å². The molecule has 0 fully saturated rings. The number of nitrogens with one attached hydrogen (secondary N) is 1. The molecule has 1 aromatic heterocycles. The van der Waals surface area contributed by atoms with E-state index in [4.69, 9.17) is 5.14 Å². The second kappa shape index (κ2) is 5.63. The molecule has 0 radical (unpaired) electrons. The summed E-state index contributed by atoms with van der Waals surface area (Å²) >= 11 is 0. The number of rotatable bonds is 3. The number of carbonyl (C=O) groups excluding carboxylic acids is 1. The molecule has 1 aromatic carbocycles. The lowest BCUT2D eigenvalue weighted by Crippen LogP contribution is -2.15. The van der Waals surface area contributed by atoms with E-state index >= 15 is 0 Å². The molecule has 110 valence electrons. The summed E-state index contributed by atoms with van der Waals surface area (Å²) in [5, 5.41) is 7.78. The van der Waals surface area contributed by atoms with Crippen molar-refractivity contribution < 1.29 is 13.2 Å². The van der Waals surface area contributed by atoms with E-state index in [2.05, 4.69) is 10.3 Å². The van der Waals surface area contributed by atoms with Crippen LogP contribution >= 0.6 is 0 Å². The summed E-state index contributed by atoms with van der Waals surface area (Å²) in [5.41, 5.74) is 2.27. The Balaban J connectivity index is 2.25. The molecule has 0 unspecified atom stereocenters. The molecule has 0 aliphatic heterocycles. The van der Waals surface area contributed by atoms with Crippen molar-refractivity contribution in [3.05, 3.63) is 53.3 Å². The van der Waals surface area contributed by atoms with Gasteiger partial charge in [-0.25, -0.2) is 13.6 Å². The Morgan fingerprint density at radius 2 is 1.90 bits per heavy atom. The molecule has 0 atom stereocenters. The molecule has 21 heavy (non-hydrogen) atoms. The van der Waals surface area contributed by atoms with Gasteiger partial charge in [-0.1, -0.05) is 0 Å². The zero-order valence-corrected chi connectivity index (χ0v) is 12.4. The summed E-state index contributed by atoms with van der Waals surface area (Å²) in [6, 6.07) is 6.14. The summed E-state index contributed by atoms with van der Waals surface area (Å²) in [6.07, 6.45) is 3.12. The van der Waals surface area contributed by atoms with E-state index in [9.17, 15) is 13.2 Å². The first kappa shape index (κ1) is 15.1. The van der Waals surface area contributed by atoms with Gasteiger partial charge in [0.25, 0.3) is 5.91 Å². The number of carbonyl (C=O) groups is 1. The van der Waals surface area contributed by atoms with Gasteiger partial charge in [0.1, 0.15) is 0 Å². The van der Waals surface area contributed by atoms with E-state index in [1.807, 2.05) is 6.92 Å². The van der Waals surface area contributed by atoms with Crippen LogP contribution in [0.3, 0.4) is 0 Å². The van der Waals surface area contributed by atoms with Crippen molar-refractivity contribution in [2.75, 3.05) is 5.32 Å². The van der Waals surface area contributed by atoms with Gasteiger partial charge >= 0.3 is 0 Å². The lowest BCUT2D eigenvalue weighted by molar-refractivity contribution is 0.102. The molecule has 0 aliphatic rings.